The Morgan fingerprint density at radius 1 is 1.50 bits per heavy atom. The molecule has 1 fully saturated rings. The number of nitrogens with zero attached hydrogens (tertiary/aromatic N) is 1. The molecule has 2 atom stereocenters. The smallest absolute Gasteiger partial charge is 0.410 e. The SMILES string of the molecule is CC(C)(C)OC(=O)N1CCOC(C(O)c2cccc(I)c2)C1. The lowest BCUT2D eigenvalue weighted by Gasteiger charge is -2.36. The summed E-state index contributed by atoms with van der Waals surface area (Å²) in [5.74, 6) is 0. The van der Waals surface area contributed by atoms with Gasteiger partial charge in [0.2, 0.25) is 0 Å². The molecule has 1 saturated heterocycles. The Balaban J connectivity index is 2.02. The number of carbonyl (C=O) groups excluding carboxylic acids is 1. The predicted octanol–water partition coefficient (Wildman–Crippen LogP) is 2.96. The van der Waals surface area contributed by atoms with Gasteiger partial charge in [0.1, 0.15) is 17.8 Å². The van der Waals surface area contributed by atoms with Crippen molar-refractivity contribution in [2.24, 2.45) is 0 Å². The van der Waals surface area contributed by atoms with E-state index in [1.54, 1.807) is 4.90 Å². The fourth-order valence-electron chi connectivity index (χ4n) is 2.26. The van der Waals surface area contributed by atoms with Crippen molar-refractivity contribution in [3.05, 3.63) is 33.4 Å². The highest BCUT2D eigenvalue weighted by atomic mass is 127. The van der Waals surface area contributed by atoms with Gasteiger partial charge in [-0.1, -0.05) is 12.1 Å². The molecule has 1 aliphatic rings. The van der Waals surface area contributed by atoms with Crippen LogP contribution in [-0.4, -0.2) is 47.5 Å². The minimum absolute atomic E-state index is 0.321. The molecule has 1 heterocycles. The predicted molar refractivity (Wildman–Crippen MR) is 91.7 cm³/mol. The summed E-state index contributed by atoms with van der Waals surface area (Å²) in [7, 11) is 0. The topological polar surface area (TPSA) is 59.0 Å². The van der Waals surface area contributed by atoms with Gasteiger partial charge in [0.25, 0.3) is 0 Å². The van der Waals surface area contributed by atoms with Gasteiger partial charge in [-0.3, -0.25) is 0 Å². The van der Waals surface area contributed by atoms with E-state index in [-0.39, 0.29) is 6.09 Å². The largest absolute Gasteiger partial charge is 0.444 e. The first-order valence-corrected chi connectivity index (χ1v) is 8.37. The van der Waals surface area contributed by atoms with Gasteiger partial charge in [-0.15, -0.1) is 0 Å². The normalized spacial score (nSPS) is 20.6. The van der Waals surface area contributed by atoms with Crippen molar-refractivity contribution >= 4 is 28.7 Å². The molecule has 1 amide bonds. The minimum atomic E-state index is -0.764. The number of morpholine rings is 1. The zero-order valence-corrected chi connectivity index (χ0v) is 15.2. The van der Waals surface area contributed by atoms with Gasteiger partial charge < -0.3 is 19.5 Å². The number of ether oxygens (including phenoxy) is 2. The molecule has 0 aromatic heterocycles. The molecule has 2 rings (SSSR count). The van der Waals surface area contributed by atoms with Crippen molar-refractivity contribution in [1.82, 2.24) is 4.90 Å². The maximum Gasteiger partial charge on any atom is 0.410 e. The number of rotatable bonds is 2. The van der Waals surface area contributed by atoms with Crippen LogP contribution >= 0.6 is 22.6 Å². The zero-order chi connectivity index (χ0) is 16.3. The summed E-state index contributed by atoms with van der Waals surface area (Å²) in [6.07, 6.45) is -1.57. The van der Waals surface area contributed by atoms with Crippen LogP contribution in [0.5, 0.6) is 0 Å². The van der Waals surface area contributed by atoms with E-state index < -0.39 is 17.8 Å². The molecule has 0 saturated carbocycles. The van der Waals surface area contributed by atoms with E-state index >= 15 is 0 Å². The standard InChI is InChI=1S/C16H22INO4/c1-16(2,3)22-15(20)18-7-8-21-13(10-18)14(19)11-5-4-6-12(17)9-11/h4-6,9,13-14,19H,7-8,10H2,1-3H3. The molecule has 0 radical (unpaired) electrons. The van der Waals surface area contributed by atoms with Crippen LogP contribution in [0.4, 0.5) is 4.79 Å². The molecule has 6 heteroatoms. The second-order valence-corrected chi connectivity index (χ2v) is 7.58. The molecule has 0 bridgehead atoms. The third kappa shape index (κ3) is 4.82. The Labute approximate surface area is 144 Å². The maximum atomic E-state index is 12.1. The highest BCUT2D eigenvalue weighted by Gasteiger charge is 2.32. The molecule has 5 nitrogen and oxygen atoms in total. The number of benzene rings is 1. The summed E-state index contributed by atoms with van der Waals surface area (Å²) in [6, 6.07) is 7.64. The molecule has 1 aromatic carbocycles. The van der Waals surface area contributed by atoms with Gasteiger partial charge in [0, 0.05) is 10.1 Å². The van der Waals surface area contributed by atoms with Crippen molar-refractivity contribution in [3.8, 4) is 0 Å². The zero-order valence-electron chi connectivity index (χ0n) is 13.1. The minimum Gasteiger partial charge on any atom is -0.444 e. The molecule has 1 aromatic rings. The van der Waals surface area contributed by atoms with Crippen LogP contribution in [0.3, 0.4) is 0 Å². The van der Waals surface area contributed by atoms with E-state index in [0.29, 0.717) is 19.7 Å². The second-order valence-electron chi connectivity index (χ2n) is 6.34. The van der Waals surface area contributed by atoms with E-state index in [0.717, 1.165) is 9.13 Å². The molecule has 122 valence electrons. The monoisotopic (exact) mass is 419 g/mol. The molecule has 1 aliphatic heterocycles. The number of hydrogen-bond donors (Lipinski definition) is 1. The van der Waals surface area contributed by atoms with Crippen LogP contribution < -0.4 is 0 Å². The lowest BCUT2D eigenvalue weighted by molar-refractivity contribution is -0.0908. The van der Waals surface area contributed by atoms with Gasteiger partial charge >= 0.3 is 6.09 Å². The summed E-state index contributed by atoms with van der Waals surface area (Å²) in [6.45, 7) is 6.70. The van der Waals surface area contributed by atoms with Gasteiger partial charge in [0.15, 0.2) is 0 Å². The lowest BCUT2D eigenvalue weighted by atomic mass is 10.0. The highest BCUT2D eigenvalue weighted by molar-refractivity contribution is 14.1. The van der Waals surface area contributed by atoms with Crippen molar-refractivity contribution in [2.75, 3.05) is 19.7 Å². The Kier molecular flexibility index (Phi) is 5.68. The van der Waals surface area contributed by atoms with Gasteiger partial charge in [0.05, 0.1) is 13.2 Å². The van der Waals surface area contributed by atoms with E-state index in [9.17, 15) is 9.90 Å². The maximum absolute atomic E-state index is 12.1. The Morgan fingerprint density at radius 2 is 2.23 bits per heavy atom. The van der Waals surface area contributed by atoms with E-state index in [4.69, 9.17) is 9.47 Å². The van der Waals surface area contributed by atoms with E-state index in [2.05, 4.69) is 22.6 Å². The summed E-state index contributed by atoms with van der Waals surface area (Å²) in [5.41, 5.74) is 0.266. The fraction of sp³-hybridized carbons (Fsp3) is 0.562. The Hall–Kier alpha value is -0.860. The van der Waals surface area contributed by atoms with Gasteiger partial charge in [-0.25, -0.2) is 4.79 Å². The molecule has 0 spiro atoms. The van der Waals surface area contributed by atoms with Crippen LogP contribution in [-0.2, 0) is 9.47 Å². The van der Waals surface area contributed by atoms with Crippen molar-refractivity contribution < 1.29 is 19.4 Å². The van der Waals surface area contributed by atoms with Crippen LogP contribution in [0.2, 0.25) is 0 Å². The first-order valence-electron chi connectivity index (χ1n) is 7.29. The summed E-state index contributed by atoms with van der Waals surface area (Å²) >= 11 is 2.20. The Bertz CT molecular complexity index is 529. The number of halogens is 1. The first-order chi connectivity index (χ1) is 10.3. The number of aliphatic hydroxyl groups is 1. The third-order valence-electron chi connectivity index (χ3n) is 3.29. The summed E-state index contributed by atoms with van der Waals surface area (Å²) in [4.78, 5) is 13.7. The van der Waals surface area contributed by atoms with Gasteiger partial charge in [-0.05, 0) is 61.1 Å². The van der Waals surface area contributed by atoms with Crippen LogP contribution in [0.25, 0.3) is 0 Å². The van der Waals surface area contributed by atoms with Gasteiger partial charge in [-0.2, -0.15) is 0 Å². The van der Waals surface area contributed by atoms with Crippen molar-refractivity contribution in [2.45, 2.75) is 38.6 Å². The van der Waals surface area contributed by atoms with Crippen LogP contribution in [0.15, 0.2) is 24.3 Å². The quantitative estimate of drug-likeness (QED) is 0.750. The average Bonchev–Trinajstić information content (AvgIpc) is 2.45. The van der Waals surface area contributed by atoms with E-state index in [1.807, 2.05) is 45.0 Å². The fourth-order valence-corrected chi connectivity index (χ4v) is 2.83. The summed E-state index contributed by atoms with van der Waals surface area (Å²) in [5, 5.41) is 10.5. The molecule has 1 N–H and O–H groups in total. The van der Waals surface area contributed by atoms with E-state index in [1.165, 1.54) is 0 Å². The molecule has 0 aliphatic carbocycles. The number of hydrogen-bond acceptors (Lipinski definition) is 4. The van der Waals surface area contributed by atoms with Crippen LogP contribution in [0, 0.1) is 3.57 Å². The average molecular weight is 419 g/mol. The number of amides is 1. The Morgan fingerprint density at radius 3 is 2.86 bits per heavy atom. The number of carbonyl (C=O) groups is 1. The first kappa shape index (κ1) is 17.5. The third-order valence-corrected chi connectivity index (χ3v) is 3.96. The number of aliphatic hydroxyl groups excluding tert-OH is 1. The molecular formula is C16H22INO4. The lowest BCUT2D eigenvalue weighted by Crippen LogP contribution is -2.49. The molecule has 22 heavy (non-hydrogen) atoms. The summed E-state index contributed by atoms with van der Waals surface area (Å²) < 4.78 is 12.1. The van der Waals surface area contributed by atoms with Crippen LogP contribution in [0.1, 0.15) is 32.4 Å². The molecule has 2 unspecified atom stereocenters. The van der Waals surface area contributed by atoms with Crippen molar-refractivity contribution in [3.63, 3.8) is 0 Å². The molecular weight excluding hydrogens is 397 g/mol. The second kappa shape index (κ2) is 7.14. The van der Waals surface area contributed by atoms with Crippen molar-refractivity contribution in [1.29, 1.82) is 0 Å². The highest BCUT2D eigenvalue weighted by Crippen LogP contribution is 2.24.